The summed E-state index contributed by atoms with van der Waals surface area (Å²) in [5, 5.41) is 11.3. The zero-order chi connectivity index (χ0) is 18.2. The molecule has 3 rings (SSSR count). The van der Waals surface area contributed by atoms with E-state index in [9.17, 15) is 4.79 Å². The number of carbonyl (C=O) groups excluding carboxylic acids is 1. The molecule has 0 saturated heterocycles. The van der Waals surface area contributed by atoms with Crippen LogP contribution in [0.25, 0.3) is 21.6 Å². The Kier molecular flexibility index (Phi) is 6.58. The molecule has 2 aromatic heterocycles. The highest BCUT2D eigenvalue weighted by atomic mass is 32.1. The number of unbranched alkanes of at least 4 members (excludes halogenated alkanes) is 1. The summed E-state index contributed by atoms with van der Waals surface area (Å²) in [5.41, 5.74) is 9.03. The van der Waals surface area contributed by atoms with Gasteiger partial charge in [0.25, 0.3) is 6.47 Å². The molecule has 9 heteroatoms. The van der Waals surface area contributed by atoms with Crippen molar-refractivity contribution >= 4 is 33.9 Å². The Morgan fingerprint density at radius 2 is 2.20 bits per heavy atom. The SMILES string of the molecule is CCCCn1nc(CC(N)=O)nc1-c1cccc2ncsc12.O=CO. The van der Waals surface area contributed by atoms with E-state index in [0.29, 0.717) is 5.82 Å². The molecule has 2 heterocycles. The van der Waals surface area contributed by atoms with E-state index in [1.54, 1.807) is 11.3 Å². The van der Waals surface area contributed by atoms with Crippen molar-refractivity contribution in [3.63, 3.8) is 0 Å². The van der Waals surface area contributed by atoms with E-state index in [4.69, 9.17) is 15.6 Å². The number of rotatable bonds is 6. The Balaban J connectivity index is 0.000000701. The second-order valence-electron chi connectivity index (χ2n) is 5.18. The highest BCUT2D eigenvalue weighted by Gasteiger charge is 2.16. The van der Waals surface area contributed by atoms with E-state index in [0.717, 1.165) is 41.0 Å². The summed E-state index contributed by atoms with van der Waals surface area (Å²) < 4.78 is 2.95. The second kappa shape index (κ2) is 8.88. The summed E-state index contributed by atoms with van der Waals surface area (Å²) in [6.45, 7) is 2.65. The standard InChI is InChI=1S/C15H17N5OS.CH2O2/c1-2-3-7-20-15(18-13(19-20)8-12(16)21)10-5-4-6-11-14(10)22-9-17-11;2-1-3/h4-6,9H,2-3,7-8H2,1H3,(H2,16,21);1H,(H,2,3). The molecule has 3 N–H and O–H groups in total. The molecule has 8 nitrogen and oxygen atoms in total. The van der Waals surface area contributed by atoms with Crippen molar-refractivity contribution in [1.29, 1.82) is 0 Å². The number of carboxylic acid groups (broad SMARTS) is 1. The molecule has 0 saturated carbocycles. The Bertz CT molecular complexity index is 858. The fourth-order valence-corrected chi connectivity index (χ4v) is 3.14. The van der Waals surface area contributed by atoms with Crippen molar-refractivity contribution in [2.75, 3.05) is 0 Å². The minimum atomic E-state index is -0.421. The fourth-order valence-electron chi connectivity index (χ4n) is 2.35. The molecular formula is C16H19N5O3S. The van der Waals surface area contributed by atoms with E-state index >= 15 is 0 Å². The Morgan fingerprint density at radius 1 is 1.44 bits per heavy atom. The van der Waals surface area contributed by atoms with E-state index in [-0.39, 0.29) is 12.9 Å². The number of aryl methyl sites for hydroxylation is 1. The summed E-state index contributed by atoms with van der Waals surface area (Å²) in [6, 6.07) is 5.96. The lowest BCUT2D eigenvalue weighted by atomic mass is 10.2. The van der Waals surface area contributed by atoms with E-state index in [2.05, 4.69) is 22.0 Å². The third kappa shape index (κ3) is 4.60. The van der Waals surface area contributed by atoms with E-state index < -0.39 is 5.91 Å². The monoisotopic (exact) mass is 361 g/mol. The van der Waals surface area contributed by atoms with Crippen LogP contribution in [0, 0.1) is 0 Å². The van der Waals surface area contributed by atoms with Crippen molar-refractivity contribution in [3.8, 4) is 11.4 Å². The highest BCUT2D eigenvalue weighted by molar-refractivity contribution is 7.17. The first kappa shape index (κ1) is 18.5. The molecular weight excluding hydrogens is 342 g/mol. The molecule has 1 aromatic carbocycles. The third-order valence-electron chi connectivity index (χ3n) is 3.37. The molecule has 0 bridgehead atoms. The van der Waals surface area contributed by atoms with Gasteiger partial charge in [0.15, 0.2) is 11.6 Å². The third-order valence-corrected chi connectivity index (χ3v) is 4.24. The maximum absolute atomic E-state index is 11.1. The molecule has 0 fully saturated rings. The molecule has 0 spiro atoms. The number of benzene rings is 1. The number of primary amides is 1. The molecule has 1 amide bonds. The molecule has 25 heavy (non-hydrogen) atoms. The van der Waals surface area contributed by atoms with Crippen LogP contribution in [-0.4, -0.2) is 37.2 Å². The number of aromatic nitrogens is 4. The van der Waals surface area contributed by atoms with E-state index in [1.807, 2.05) is 28.4 Å². The van der Waals surface area contributed by atoms with Crippen LogP contribution in [0.1, 0.15) is 25.6 Å². The number of thiazole rings is 1. The summed E-state index contributed by atoms with van der Waals surface area (Å²) >= 11 is 1.58. The van der Waals surface area contributed by atoms with Gasteiger partial charge >= 0.3 is 0 Å². The van der Waals surface area contributed by atoms with Crippen LogP contribution in [0.3, 0.4) is 0 Å². The molecule has 0 aliphatic rings. The van der Waals surface area contributed by atoms with Gasteiger partial charge in [-0.1, -0.05) is 19.4 Å². The predicted molar refractivity (Wildman–Crippen MR) is 95.1 cm³/mol. The Morgan fingerprint density at radius 3 is 2.88 bits per heavy atom. The highest BCUT2D eigenvalue weighted by Crippen LogP contribution is 2.30. The predicted octanol–water partition coefficient (Wildman–Crippen LogP) is 2.08. The van der Waals surface area contributed by atoms with Gasteiger partial charge in [-0.05, 0) is 18.6 Å². The van der Waals surface area contributed by atoms with Gasteiger partial charge < -0.3 is 10.8 Å². The zero-order valence-electron chi connectivity index (χ0n) is 13.8. The van der Waals surface area contributed by atoms with Gasteiger partial charge in [-0.25, -0.2) is 14.6 Å². The van der Waals surface area contributed by atoms with Gasteiger partial charge in [0.1, 0.15) is 0 Å². The summed E-state index contributed by atoms with van der Waals surface area (Å²) in [7, 11) is 0. The lowest BCUT2D eigenvalue weighted by molar-refractivity contribution is -0.123. The average Bonchev–Trinajstić information content (AvgIpc) is 3.19. The number of nitrogens with zero attached hydrogens (tertiary/aromatic N) is 4. The molecule has 132 valence electrons. The normalized spacial score (nSPS) is 10.3. The number of fused-ring (bicyclic) bond motifs is 1. The Hall–Kier alpha value is -2.81. The molecule has 0 aliphatic heterocycles. The van der Waals surface area contributed by atoms with Crippen LogP contribution in [0.15, 0.2) is 23.7 Å². The smallest absolute Gasteiger partial charge is 0.290 e. The lowest BCUT2D eigenvalue weighted by Gasteiger charge is -2.05. The van der Waals surface area contributed by atoms with E-state index in [1.165, 1.54) is 0 Å². The average molecular weight is 361 g/mol. The topological polar surface area (TPSA) is 124 Å². The fraction of sp³-hybridized carbons (Fsp3) is 0.312. The number of nitrogens with two attached hydrogens (primary N) is 1. The first-order valence-electron chi connectivity index (χ1n) is 7.73. The second-order valence-corrected chi connectivity index (χ2v) is 6.04. The molecule has 0 atom stereocenters. The van der Waals surface area contributed by atoms with Gasteiger partial charge in [-0.3, -0.25) is 9.59 Å². The first-order chi connectivity index (χ1) is 12.1. The maximum Gasteiger partial charge on any atom is 0.290 e. The van der Waals surface area contributed by atoms with Crippen LogP contribution in [-0.2, 0) is 22.6 Å². The molecule has 3 aromatic rings. The van der Waals surface area contributed by atoms with Crippen LogP contribution in [0.4, 0.5) is 0 Å². The zero-order valence-corrected chi connectivity index (χ0v) is 14.6. The number of amides is 1. The van der Waals surface area contributed by atoms with Crippen LogP contribution in [0.5, 0.6) is 0 Å². The lowest BCUT2D eigenvalue weighted by Crippen LogP contribution is -2.14. The largest absolute Gasteiger partial charge is 0.483 e. The van der Waals surface area contributed by atoms with Crippen molar-refractivity contribution in [2.24, 2.45) is 5.73 Å². The van der Waals surface area contributed by atoms with Gasteiger partial charge in [-0.2, -0.15) is 5.10 Å². The minimum absolute atomic E-state index is 0.0603. The Labute approximate surface area is 148 Å². The van der Waals surface area contributed by atoms with Gasteiger partial charge in [0.05, 0.1) is 22.1 Å². The molecule has 0 radical (unpaired) electrons. The number of hydrogen-bond donors (Lipinski definition) is 2. The number of hydrogen-bond acceptors (Lipinski definition) is 6. The number of carbonyl (C=O) groups is 2. The van der Waals surface area contributed by atoms with Crippen molar-refractivity contribution < 1.29 is 14.7 Å². The minimum Gasteiger partial charge on any atom is -0.483 e. The van der Waals surface area contributed by atoms with Crippen LogP contribution in [0.2, 0.25) is 0 Å². The van der Waals surface area contributed by atoms with Crippen LogP contribution < -0.4 is 5.73 Å². The van der Waals surface area contributed by atoms with Crippen molar-refractivity contribution in [1.82, 2.24) is 19.7 Å². The van der Waals surface area contributed by atoms with Gasteiger partial charge in [-0.15, -0.1) is 11.3 Å². The summed E-state index contributed by atoms with van der Waals surface area (Å²) in [6.07, 6.45) is 2.13. The van der Waals surface area contributed by atoms with Crippen LogP contribution >= 0.6 is 11.3 Å². The first-order valence-corrected chi connectivity index (χ1v) is 8.61. The quantitative estimate of drug-likeness (QED) is 0.648. The van der Waals surface area contributed by atoms with Gasteiger partial charge in [0, 0.05) is 12.1 Å². The maximum atomic E-state index is 11.1. The van der Waals surface area contributed by atoms with Crippen molar-refractivity contribution in [2.45, 2.75) is 32.7 Å². The van der Waals surface area contributed by atoms with Crippen molar-refractivity contribution in [3.05, 3.63) is 29.5 Å². The van der Waals surface area contributed by atoms with Gasteiger partial charge in [0.2, 0.25) is 5.91 Å². The molecule has 0 unspecified atom stereocenters. The summed E-state index contributed by atoms with van der Waals surface area (Å²) in [4.78, 5) is 28.4. The summed E-state index contributed by atoms with van der Waals surface area (Å²) in [5.74, 6) is 0.829. The molecule has 0 aliphatic carbocycles.